The average Bonchev–Trinajstić information content (AvgIpc) is 2.81. The van der Waals surface area contributed by atoms with Crippen LogP contribution in [0, 0.1) is 0 Å². The standard InChI is InChI=1S/C12H12BrClN2OS/c1-2-10-12(18-16-15-10)11(17)5-7-3-4-8(13)6-9(7)14/h3-4,6,11,17H,2,5H2,1H3. The highest BCUT2D eigenvalue weighted by Crippen LogP contribution is 2.28. The maximum absolute atomic E-state index is 10.2. The van der Waals surface area contributed by atoms with E-state index < -0.39 is 6.10 Å². The Morgan fingerprint density at radius 3 is 2.94 bits per heavy atom. The van der Waals surface area contributed by atoms with Crippen LogP contribution in [0.5, 0.6) is 0 Å². The minimum Gasteiger partial charge on any atom is -0.387 e. The van der Waals surface area contributed by atoms with Crippen LogP contribution in [0.1, 0.15) is 29.2 Å². The molecule has 0 fully saturated rings. The zero-order valence-corrected chi connectivity index (χ0v) is 12.9. The molecule has 0 saturated heterocycles. The molecular weight excluding hydrogens is 336 g/mol. The van der Waals surface area contributed by atoms with Crippen LogP contribution in [0.15, 0.2) is 22.7 Å². The summed E-state index contributed by atoms with van der Waals surface area (Å²) in [6.07, 6.45) is 0.651. The molecule has 1 aromatic carbocycles. The van der Waals surface area contributed by atoms with Gasteiger partial charge in [-0.2, -0.15) is 0 Å². The molecule has 0 amide bonds. The molecule has 0 radical (unpaired) electrons. The van der Waals surface area contributed by atoms with Crippen molar-refractivity contribution >= 4 is 39.1 Å². The van der Waals surface area contributed by atoms with Crippen LogP contribution in [0.2, 0.25) is 5.02 Å². The van der Waals surface area contributed by atoms with E-state index in [1.807, 2.05) is 25.1 Å². The molecule has 0 spiro atoms. The first kappa shape index (κ1) is 13.9. The molecule has 2 rings (SSSR count). The summed E-state index contributed by atoms with van der Waals surface area (Å²) in [6.45, 7) is 2.00. The van der Waals surface area contributed by atoms with Crippen LogP contribution < -0.4 is 0 Å². The van der Waals surface area contributed by atoms with E-state index in [1.54, 1.807) is 0 Å². The summed E-state index contributed by atoms with van der Waals surface area (Å²) in [5.41, 5.74) is 1.78. The number of aliphatic hydroxyl groups excluding tert-OH is 1. The molecule has 1 aromatic heterocycles. The van der Waals surface area contributed by atoms with Crippen LogP contribution in [-0.4, -0.2) is 14.7 Å². The van der Waals surface area contributed by atoms with Crippen molar-refractivity contribution in [2.75, 3.05) is 0 Å². The average molecular weight is 348 g/mol. The number of benzene rings is 1. The third kappa shape index (κ3) is 3.09. The van der Waals surface area contributed by atoms with E-state index in [-0.39, 0.29) is 0 Å². The van der Waals surface area contributed by atoms with Gasteiger partial charge < -0.3 is 5.11 Å². The lowest BCUT2D eigenvalue weighted by Crippen LogP contribution is -2.03. The first-order chi connectivity index (χ1) is 8.61. The number of aryl methyl sites for hydroxylation is 1. The van der Waals surface area contributed by atoms with Crippen molar-refractivity contribution in [1.29, 1.82) is 0 Å². The summed E-state index contributed by atoms with van der Waals surface area (Å²) in [5, 5.41) is 14.9. The summed E-state index contributed by atoms with van der Waals surface area (Å²) < 4.78 is 4.81. The monoisotopic (exact) mass is 346 g/mol. The van der Waals surface area contributed by atoms with Gasteiger partial charge in [0, 0.05) is 15.9 Å². The zero-order chi connectivity index (χ0) is 13.1. The lowest BCUT2D eigenvalue weighted by atomic mass is 10.1. The summed E-state index contributed by atoms with van der Waals surface area (Å²) in [6, 6.07) is 5.66. The molecule has 0 aliphatic heterocycles. The fraction of sp³-hybridized carbons (Fsp3) is 0.333. The van der Waals surface area contributed by atoms with Crippen LogP contribution >= 0.6 is 39.1 Å². The number of hydrogen-bond donors (Lipinski definition) is 1. The van der Waals surface area contributed by atoms with E-state index in [0.717, 1.165) is 27.0 Å². The Hall–Kier alpha value is -0.490. The van der Waals surface area contributed by atoms with E-state index in [2.05, 4.69) is 25.5 Å². The van der Waals surface area contributed by atoms with Gasteiger partial charge in [-0.3, -0.25) is 0 Å². The smallest absolute Gasteiger partial charge is 0.0957 e. The Labute approximate surface area is 123 Å². The van der Waals surface area contributed by atoms with Crippen molar-refractivity contribution < 1.29 is 5.11 Å². The molecule has 6 heteroatoms. The predicted octanol–water partition coefficient (Wildman–Crippen LogP) is 3.79. The number of aliphatic hydroxyl groups is 1. The second-order valence-electron chi connectivity index (χ2n) is 3.89. The van der Waals surface area contributed by atoms with Gasteiger partial charge in [-0.25, -0.2) is 0 Å². The third-order valence-electron chi connectivity index (χ3n) is 2.65. The molecule has 1 N–H and O–H groups in total. The fourth-order valence-electron chi connectivity index (χ4n) is 1.70. The maximum Gasteiger partial charge on any atom is 0.0957 e. The van der Waals surface area contributed by atoms with Gasteiger partial charge in [0.15, 0.2) is 0 Å². The zero-order valence-electron chi connectivity index (χ0n) is 9.73. The summed E-state index contributed by atoms with van der Waals surface area (Å²) in [5.74, 6) is 0. The molecular formula is C12H12BrClN2OS. The Morgan fingerprint density at radius 2 is 2.28 bits per heavy atom. The lowest BCUT2D eigenvalue weighted by Gasteiger charge is -2.11. The first-order valence-corrected chi connectivity index (χ1v) is 7.49. The number of halogens is 2. The van der Waals surface area contributed by atoms with Crippen molar-refractivity contribution in [2.45, 2.75) is 25.9 Å². The minimum absolute atomic E-state index is 0.475. The molecule has 0 aliphatic carbocycles. The highest BCUT2D eigenvalue weighted by atomic mass is 79.9. The van der Waals surface area contributed by atoms with Gasteiger partial charge in [0.1, 0.15) is 0 Å². The Bertz CT molecular complexity index is 547. The number of rotatable bonds is 4. The molecule has 1 unspecified atom stereocenters. The van der Waals surface area contributed by atoms with E-state index >= 15 is 0 Å². The van der Waals surface area contributed by atoms with Gasteiger partial charge in [0.05, 0.1) is 16.7 Å². The van der Waals surface area contributed by atoms with Gasteiger partial charge in [-0.15, -0.1) is 5.10 Å². The third-order valence-corrected chi connectivity index (χ3v) is 4.36. The predicted molar refractivity (Wildman–Crippen MR) is 77.1 cm³/mol. The normalized spacial score (nSPS) is 12.7. The van der Waals surface area contributed by atoms with Crippen molar-refractivity contribution in [3.05, 3.63) is 43.8 Å². The van der Waals surface area contributed by atoms with Gasteiger partial charge in [-0.05, 0) is 35.6 Å². The van der Waals surface area contributed by atoms with Crippen molar-refractivity contribution in [1.82, 2.24) is 9.59 Å². The van der Waals surface area contributed by atoms with E-state index in [0.29, 0.717) is 11.4 Å². The summed E-state index contributed by atoms with van der Waals surface area (Å²) in [4.78, 5) is 0.830. The van der Waals surface area contributed by atoms with Gasteiger partial charge in [0.2, 0.25) is 0 Å². The molecule has 0 aliphatic rings. The van der Waals surface area contributed by atoms with Crippen LogP contribution in [-0.2, 0) is 12.8 Å². The molecule has 3 nitrogen and oxygen atoms in total. The largest absolute Gasteiger partial charge is 0.387 e. The van der Waals surface area contributed by atoms with Crippen molar-refractivity contribution in [3.63, 3.8) is 0 Å². The molecule has 96 valence electrons. The molecule has 18 heavy (non-hydrogen) atoms. The van der Waals surface area contributed by atoms with Crippen LogP contribution in [0.4, 0.5) is 0 Å². The van der Waals surface area contributed by atoms with E-state index in [4.69, 9.17) is 11.6 Å². The second kappa shape index (κ2) is 6.10. The first-order valence-electron chi connectivity index (χ1n) is 5.55. The van der Waals surface area contributed by atoms with Crippen LogP contribution in [0.25, 0.3) is 0 Å². The minimum atomic E-state index is -0.598. The van der Waals surface area contributed by atoms with E-state index in [9.17, 15) is 5.11 Å². The molecule has 2 aromatic rings. The number of aromatic nitrogens is 2. The number of nitrogens with zero attached hydrogens (tertiary/aromatic N) is 2. The highest BCUT2D eigenvalue weighted by Gasteiger charge is 2.17. The molecule has 1 heterocycles. The topological polar surface area (TPSA) is 46.0 Å². The Kier molecular flexibility index (Phi) is 4.72. The number of hydrogen-bond acceptors (Lipinski definition) is 4. The molecule has 1 atom stereocenters. The summed E-state index contributed by atoms with van der Waals surface area (Å²) >= 11 is 10.7. The van der Waals surface area contributed by atoms with Gasteiger partial charge in [0.25, 0.3) is 0 Å². The van der Waals surface area contributed by atoms with Crippen molar-refractivity contribution in [3.8, 4) is 0 Å². The second-order valence-corrected chi connectivity index (χ2v) is 6.00. The van der Waals surface area contributed by atoms with Crippen molar-refractivity contribution in [2.24, 2.45) is 0 Å². The summed E-state index contributed by atoms with van der Waals surface area (Å²) in [7, 11) is 0. The molecule has 0 bridgehead atoms. The molecule has 0 saturated carbocycles. The Balaban J connectivity index is 2.18. The fourth-order valence-corrected chi connectivity index (χ4v) is 3.18. The van der Waals surface area contributed by atoms with E-state index in [1.165, 1.54) is 11.5 Å². The quantitative estimate of drug-likeness (QED) is 0.915. The van der Waals surface area contributed by atoms with Gasteiger partial charge >= 0.3 is 0 Å². The van der Waals surface area contributed by atoms with Gasteiger partial charge in [-0.1, -0.05) is 45.0 Å². The van der Waals surface area contributed by atoms with Crippen LogP contribution in [0.3, 0.4) is 0 Å². The lowest BCUT2D eigenvalue weighted by molar-refractivity contribution is 0.181. The Morgan fingerprint density at radius 1 is 1.50 bits per heavy atom. The highest BCUT2D eigenvalue weighted by molar-refractivity contribution is 9.10. The maximum atomic E-state index is 10.2. The SMILES string of the molecule is CCc1nnsc1C(O)Cc1ccc(Br)cc1Cl.